The van der Waals surface area contributed by atoms with E-state index in [-0.39, 0.29) is 28.5 Å². The Morgan fingerprint density at radius 1 is 1.16 bits per heavy atom. The first kappa shape index (κ1) is 22.3. The summed E-state index contributed by atoms with van der Waals surface area (Å²) in [4.78, 5) is 36.9. The monoisotopic (exact) mass is 432 g/mol. The minimum absolute atomic E-state index is 0.0752. The number of hydrogen-bond acceptors (Lipinski definition) is 7. The van der Waals surface area contributed by atoms with E-state index < -0.39 is 17.5 Å². The van der Waals surface area contributed by atoms with Gasteiger partial charge in [-0.2, -0.15) is 5.26 Å². The maximum Gasteiger partial charge on any atom is 0.354 e. The Morgan fingerprint density at radius 2 is 1.91 bits per heavy atom. The molecule has 1 aromatic heterocycles. The van der Waals surface area contributed by atoms with Crippen molar-refractivity contribution in [2.75, 3.05) is 7.11 Å². The number of nitrogens with zero attached hydrogens (tertiary/aromatic N) is 1. The van der Waals surface area contributed by atoms with Crippen molar-refractivity contribution < 1.29 is 23.5 Å². The first-order chi connectivity index (χ1) is 15.3. The van der Waals surface area contributed by atoms with Crippen molar-refractivity contribution in [3.63, 3.8) is 0 Å². The number of benzene rings is 2. The summed E-state index contributed by atoms with van der Waals surface area (Å²) in [6.07, 6.45) is 1.36. The van der Waals surface area contributed by atoms with Crippen LogP contribution < -0.4 is 20.4 Å². The molecule has 0 aliphatic carbocycles. The standard InChI is InChI=1S/C24H20N2O6/c1-14(2)26-22(27)19-11-16-8-9-18(12-21(16)32-24(19)29)31-23(28)17(13-25)10-15-6-4-5-7-20(15)30-3/h4-12,14H,1-3H3,(H,26,27)/b17-10+. The van der Waals surface area contributed by atoms with Gasteiger partial charge >= 0.3 is 11.6 Å². The smallest absolute Gasteiger partial charge is 0.354 e. The third kappa shape index (κ3) is 5.02. The lowest BCUT2D eigenvalue weighted by Crippen LogP contribution is -2.33. The summed E-state index contributed by atoms with van der Waals surface area (Å²) in [6.45, 7) is 3.55. The number of esters is 1. The average Bonchev–Trinajstić information content (AvgIpc) is 2.76. The summed E-state index contributed by atoms with van der Waals surface area (Å²) in [7, 11) is 1.48. The maximum absolute atomic E-state index is 12.5. The van der Waals surface area contributed by atoms with Crippen molar-refractivity contribution >= 4 is 28.9 Å². The molecule has 32 heavy (non-hydrogen) atoms. The van der Waals surface area contributed by atoms with E-state index in [1.54, 1.807) is 44.2 Å². The van der Waals surface area contributed by atoms with E-state index in [9.17, 15) is 19.6 Å². The molecule has 0 saturated carbocycles. The van der Waals surface area contributed by atoms with Gasteiger partial charge in [-0.25, -0.2) is 9.59 Å². The van der Waals surface area contributed by atoms with Crippen molar-refractivity contribution in [1.82, 2.24) is 5.32 Å². The molecular weight excluding hydrogens is 412 g/mol. The van der Waals surface area contributed by atoms with Crippen molar-refractivity contribution in [1.29, 1.82) is 5.26 Å². The van der Waals surface area contributed by atoms with Crippen LogP contribution in [0.2, 0.25) is 0 Å². The molecule has 0 saturated heterocycles. The Labute approximate surface area is 183 Å². The molecule has 1 heterocycles. The van der Waals surface area contributed by atoms with Gasteiger partial charge in [-0.1, -0.05) is 18.2 Å². The van der Waals surface area contributed by atoms with Crippen LogP contribution in [-0.4, -0.2) is 25.0 Å². The van der Waals surface area contributed by atoms with Gasteiger partial charge in [0.2, 0.25) is 0 Å². The van der Waals surface area contributed by atoms with Gasteiger partial charge in [0.05, 0.1) is 7.11 Å². The van der Waals surface area contributed by atoms with Gasteiger partial charge < -0.3 is 19.2 Å². The molecule has 1 N–H and O–H groups in total. The molecule has 8 nitrogen and oxygen atoms in total. The summed E-state index contributed by atoms with van der Waals surface area (Å²) < 4.78 is 15.7. The Kier molecular flexibility index (Phi) is 6.71. The minimum atomic E-state index is -0.881. The highest BCUT2D eigenvalue weighted by molar-refractivity contribution is 6.00. The second-order valence-corrected chi connectivity index (χ2v) is 7.08. The van der Waals surface area contributed by atoms with E-state index in [0.717, 1.165) is 0 Å². The highest BCUT2D eigenvalue weighted by Crippen LogP contribution is 2.23. The number of carbonyl (C=O) groups excluding carboxylic acids is 2. The van der Waals surface area contributed by atoms with Crippen LogP contribution in [0.25, 0.3) is 17.0 Å². The number of ether oxygens (including phenoxy) is 2. The summed E-state index contributed by atoms with van der Waals surface area (Å²) in [5.74, 6) is -0.844. The van der Waals surface area contributed by atoms with Crippen LogP contribution in [0.1, 0.15) is 29.8 Å². The summed E-state index contributed by atoms with van der Waals surface area (Å²) >= 11 is 0. The number of hydrogen-bond donors (Lipinski definition) is 1. The molecule has 0 atom stereocenters. The number of para-hydroxylation sites is 1. The molecule has 2 aromatic carbocycles. The van der Waals surface area contributed by atoms with Gasteiger partial charge in [0.1, 0.15) is 34.3 Å². The molecular formula is C24H20N2O6. The maximum atomic E-state index is 12.5. The van der Waals surface area contributed by atoms with Crippen molar-refractivity contribution in [3.05, 3.63) is 75.7 Å². The Hall–Kier alpha value is -4.38. The zero-order chi connectivity index (χ0) is 23.3. The van der Waals surface area contributed by atoms with Crippen molar-refractivity contribution in [3.8, 4) is 17.6 Å². The number of amides is 1. The zero-order valence-electron chi connectivity index (χ0n) is 17.7. The molecule has 0 radical (unpaired) electrons. The predicted molar refractivity (Wildman–Crippen MR) is 117 cm³/mol. The lowest BCUT2D eigenvalue weighted by Gasteiger charge is -2.08. The second-order valence-electron chi connectivity index (χ2n) is 7.08. The van der Waals surface area contributed by atoms with Crippen LogP contribution in [0.3, 0.4) is 0 Å². The number of rotatable bonds is 6. The number of nitriles is 1. The molecule has 3 rings (SSSR count). The molecule has 0 aliphatic rings. The molecule has 0 fully saturated rings. The first-order valence-corrected chi connectivity index (χ1v) is 9.68. The lowest BCUT2D eigenvalue weighted by molar-refractivity contribution is -0.129. The van der Waals surface area contributed by atoms with Crippen molar-refractivity contribution in [2.45, 2.75) is 19.9 Å². The Balaban J connectivity index is 1.87. The van der Waals surface area contributed by atoms with Gasteiger partial charge in [-0.15, -0.1) is 0 Å². The molecule has 0 aliphatic heterocycles. The van der Waals surface area contributed by atoms with E-state index in [1.165, 1.54) is 31.4 Å². The highest BCUT2D eigenvalue weighted by atomic mass is 16.5. The number of fused-ring (bicyclic) bond motifs is 1. The first-order valence-electron chi connectivity index (χ1n) is 9.68. The fourth-order valence-corrected chi connectivity index (χ4v) is 2.89. The van der Waals surface area contributed by atoms with Crippen LogP contribution in [-0.2, 0) is 4.79 Å². The molecule has 0 unspecified atom stereocenters. The van der Waals surface area contributed by atoms with Gasteiger partial charge in [-0.3, -0.25) is 4.79 Å². The van der Waals surface area contributed by atoms with Crippen LogP contribution >= 0.6 is 0 Å². The molecule has 1 amide bonds. The molecule has 0 spiro atoms. The van der Waals surface area contributed by atoms with Crippen molar-refractivity contribution in [2.24, 2.45) is 0 Å². The lowest BCUT2D eigenvalue weighted by atomic mass is 10.1. The summed E-state index contributed by atoms with van der Waals surface area (Å²) in [5, 5.41) is 12.5. The quantitative estimate of drug-likeness (QED) is 0.208. The topological polar surface area (TPSA) is 119 Å². The zero-order valence-corrected chi connectivity index (χ0v) is 17.7. The third-order valence-corrected chi connectivity index (χ3v) is 4.36. The summed E-state index contributed by atoms with van der Waals surface area (Å²) in [5.41, 5.74) is -0.499. The van der Waals surface area contributed by atoms with E-state index in [4.69, 9.17) is 13.9 Å². The minimum Gasteiger partial charge on any atom is -0.496 e. The Morgan fingerprint density at radius 3 is 2.59 bits per heavy atom. The van der Waals surface area contributed by atoms with Gasteiger partial charge in [0, 0.05) is 23.1 Å². The molecule has 8 heteroatoms. The number of nitrogens with one attached hydrogen (secondary N) is 1. The fourth-order valence-electron chi connectivity index (χ4n) is 2.89. The van der Waals surface area contributed by atoms with Gasteiger partial charge in [0.15, 0.2) is 0 Å². The van der Waals surface area contributed by atoms with Crippen LogP contribution in [0.4, 0.5) is 0 Å². The predicted octanol–water partition coefficient (Wildman–Crippen LogP) is 3.45. The van der Waals surface area contributed by atoms with Gasteiger partial charge in [-0.05, 0) is 44.2 Å². The van der Waals surface area contributed by atoms with Gasteiger partial charge in [0.25, 0.3) is 5.91 Å². The average molecular weight is 432 g/mol. The number of carbonyl (C=O) groups is 2. The highest BCUT2D eigenvalue weighted by Gasteiger charge is 2.17. The number of methoxy groups -OCH3 is 1. The van der Waals surface area contributed by atoms with Crippen LogP contribution in [0, 0.1) is 11.3 Å². The van der Waals surface area contributed by atoms with E-state index in [1.807, 2.05) is 6.07 Å². The van der Waals surface area contributed by atoms with E-state index in [2.05, 4.69) is 5.32 Å². The largest absolute Gasteiger partial charge is 0.496 e. The molecule has 3 aromatic rings. The van der Waals surface area contributed by atoms with E-state index in [0.29, 0.717) is 16.7 Å². The third-order valence-electron chi connectivity index (χ3n) is 4.36. The second kappa shape index (κ2) is 9.62. The van der Waals surface area contributed by atoms with E-state index >= 15 is 0 Å². The molecule has 0 bridgehead atoms. The van der Waals surface area contributed by atoms with Crippen LogP contribution in [0.15, 0.2) is 63.3 Å². The normalized spacial score (nSPS) is 11.2. The molecule has 162 valence electrons. The van der Waals surface area contributed by atoms with Crippen LogP contribution in [0.5, 0.6) is 11.5 Å². The summed E-state index contributed by atoms with van der Waals surface area (Å²) in [6, 6.07) is 14.4. The SMILES string of the molecule is COc1ccccc1/C=C(\C#N)C(=O)Oc1ccc2cc(C(=O)NC(C)C)c(=O)oc2c1. The Bertz CT molecular complexity index is 1310. The fraction of sp³-hybridized carbons (Fsp3) is 0.167.